The van der Waals surface area contributed by atoms with E-state index in [2.05, 4.69) is 10.6 Å². The van der Waals surface area contributed by atoms with E-state index in [4.69, 9.17) is 118 Å². The van der Waals surface area contributed by atoms with Crippen molar-refractivity contribution in [2.75, 3.05) is 85.9 Å². The minimum absolute atomic E-state index is 0.850. The number of rotatable bonds is 39. The molecule has 0 bridgehead atoms. The van der Waals surface area contributed by atoms with Gasteiger partial charge in [0.25, 0.3) is 0 Å². The molecule has 41 N–H and O–H groups in total. The summed E-state index contributed by atoms with van der Waals surface area (Å²) in [6.45, 7) is -13.7. The third-order valence-electron chi connectivity index (χ3n) is 28.0. The maximum Gasteiger partial charge on any atom is 0.217 e. The van der Waals surface area contributed by atoms with E-state index in [1.807, 2.05) is 0 Å². The van der Waals surface area contributed by atoms with Crippen LogP contribution in [0.25, 0.3) is 0 Å². The molecule has 65 atom stereocenters. The van der Waals surface area contributed by atoms with Crippen LogP contribution in [0, 0.1) is 0 Å². The van der Waals surface area contributed by atoms with Gasteiger partial charge in [-0.15, -0.1) is 0 Å². The van der Waals surface area contributed by atoms with Crippen LogP contribution in [0.1, 0.15) is 13.8 Å². The average molecular weight is 2210 g/mol. The lowest BCUT2D eigenvalue weighted by atomic mass is 9.94. The molecule has 872 valence electrons. The number of nitrogens with one attached hydrogen (secondary N) is 2. The van der Waals surface area contributed by atoms with Gasteiger partial charge in [0, 0.05) is 13.8 Å². The number of amides is 2. The van der Waals surface area contributed by atoms with Gasteiger partial charge in [0.2, 0.25) is 11.8 Å². The SMILES string of the molecule is CC(=O)N[C@@H]1[C@@H](O)[C@H](O[C@@H]2O[C@H](CO)[C@@H](O[C@@H]3O[C@H](CO[C@H]4O[C@H](CO[C@H]5O[C@H](CO[C@H]6O[C@H](CO)[C@@H](O)[C@H](O)[C@@H]6O[C@H]6O[C@H](CO)[C@@H](O)[C@H](O)[C@@H]6O)[C@@H](O)[C@H](O)[C@@H]5O[C@H]5O[C@H](CO)[C@@H](O)[C@H](O)[C@@H]5O)[C@@H](O)[C@H](O[C@H]5O[C@H](CO)[C@@H](O)[C@H](O)[C@@H]5O)[C@@H]4O)[C@@H](O)[C@H](O[C@H]4O[C@H](CO)[C@@H](O)[C@H](O)[C@@H]4O[C@H]4O[C@H](CO)[C@@H](O)[C@H](O)[C@@H]4O[C@H]4O[C@H](CO)[C@@H](O)[C@H](O[C@H]5O[C@H](CO)[C@@H](O)[C@H](O)[C@@H]5O)[C@@H]4O)[C@@H]3O)[C@H](O)[C@H]2NC(C)=O)[C@@H](CO)O[C@H]1O. The molecule has 13 heterocycles. The molecular weight excluding hydrogens is 2070 g/mol. The first-order valence-corrected chi connectivity index (χ1v) is 47.7. The molecule has 13 fully saturated rings. The van der Waals surface area contributed by atoms with Gasteiger partial charge in [0.1, 0.15) is 317 Å². The summed E-state index contributed by atoms with van der Waals surface area (Å²) >= 11 is 0. The molecule has 68 nitrogen and oxygen atoms in total. The van der Waals surface area contributed by atoms with Crippen LogP contribution in [-0.4, -0.2) is 696 Å². The smallest absolute Gasteiger partial charge is 0.217 e. The fraction of sp³-hybridized carbons (Fsp3) is 0.976. The van der Waals surface area contributed by atoms with Crippen molar-refractivity contribution in [1.82, 2.24) is 10.6 Å². The van der Waals surface area contributed by atoms with E-state index in [1.54, 1.807) is 0 Å². The van der Waals surface area contributed by atoms with Gasteiger partial charge in [-0.3, -0.25) is 9.59 Å². The highest BCUT2D eigenvalue weighted by Crippen LogP contribution is 2.43. The number of hydrogen-bond donors (Lipinski definition) is 41. The van der Waals surface area contributed by atoms with Crippen molar-refractivity contribution in [2.24, 2.45) is 0 Å². The number of carbonyl (C=O) groups excluding carboxylic acids is 2. The summed E-state index contributed by atoms with van der Waals surface area (Å²) in [6, 6.07) is -3.80. The third kappa shape index (κ3) is 26.4. The summed E-state index contributed by atoms with van der Waals surface area (Å²) in [5.74, 6) is -1.88. The molecular formula is C82H138N2O66. The number of aliphatic hydroxyl groups is 39. The lowest BCUT2D eigenvalue weighted by molar-refractivity contribution is -0.411. The minimum Gasteiger partial charge on any atom is -0.394 e. The molecule has 0 radical (unpaired) electrons. The van der Waals surface area contributed by atoms with Crippen molar-refractivity contribution in [3.8, 4) is 0 Å². The predicted molar refractivity (Wildman–Crippen MR) is 451 cm³/mol. The molecule has 0 spiro atoms. The highest BCUT2D eigenvalue weighted by Gasteiger charge is 2.64. The zero-order valence-electron chi connectivity index (χ0n) is 79.2. The summed E-state index contributed by atoms with van der Waals surface area (Å²) in [5, 5.41) is 442. The summed E-state index contributed by atoms with van der Waals surface area (Å²) < 4.78 is 147. The second-order valence-corrected chi connectivity index (χ2v) is 38.0. The standard InChI is InChI=1S/C82H138N2O66/c1-16(95)83-31-44(108)61(26(11-93)129-70(31)125)142-71-32(84-17(2)96)45(109)62(27(12-94)138-71)143-78-60(124)65(146-81-69(52(116)39(103)23(8-90)136-81)150-82-68(51(115)38(102)24(9-91)137-82)149-77-59(123)63(41(105)25(10-92)134-77)144-73-54(118)46(110)33(97)18(3-85)130-73)43(107)30(140-78)14-126-72-58(122)64(145-74-55(119)47(111)34(98)19(4-86)131-74)42(106)29(139-72)15-128-80-67(148-76-57(121)49(113)36(100)21(6-88)133-76)53(117)40(104)28(141-80)13-127-79-66(50(114)37(101)22(7-89)135-79)147-75-56(120)48(112)35(99)20(5-87)132-75/h18-82,85-94,97-125H,3-15H2,1-2H3,(H,83,95)(H,84,96)/t18-,19-,20-,21-,22-,23-,24-,25-,26-,27-,28-,29-,30-,31-,32-,33-,34-,35-,36-,37-,38-,39-,40-,41-,42-,43-,44-,45-,46+,47+,48+,49+,50+,51+,52+,53+,54+,55+,56+,57+,58+,59+,60+,61-,62-,63+,64+,65+,66+,67+,68+,69+,70-,71+,72+,73-,74-,75-,76-,77-,78+,79+,80+,81-,82-/m1/s1. The van der Waals surface area contributed by atoms with Gasteiger partial charge in [-0.05, 0) is 0 Å². The van der Waals surface area contributed by atoms with Crippen molar-refractivity contribution in [3.05, 3.63) is 0 Å². The van der Waals surface area contributed by atoms with E-state index in [0.29, 0.717) is 0 Å². The highest BCUT2D eigenvalue weighted by atomic mass is 16.8. The molecule has 0 aromatic rings. The number of aliphatic hydroxyl groups excluding tert-OH is 39. The van der Waals surface area contributed by atoms with Crippen LogP contribution in [0.15, 0.2) is 0 Å². The van der Waals surface area contributed by atoms with Crippen LogP contribution in [0.3, 0.4) is 0 Å². The molecule has 13 saturated heterocycles. The zero-order valence-corrected chi connectivity index (χ0v) is 79.2. The number of ether oxygens (including phenoxy) is 25. The zero-order chi connectivity index (χ0) is 110. The average Bonchev–Trinajstić information content (AvgIpc) is 0.760. The van der Waals surface area contributed by atoms with Gasteiger partial charge in [0.15, 0.2) is 81.8 Å². The Bertz CT molecular complexity index is 4070. The summed E-state index contributed by atoms with van der Waals surface area (Å²) in [6.07, 6.45) is -142. The van der Waals surface area contributed by atoms with E-state index in [-0.39, 0.29) is 0 Å². The van der Waals surface area contributed by atoms with Gasteiger partial charge in [0.05, 0.1) is 85.9 Å². The number of carbonyl (C=O) groups is 2. The molecule has 0 unspecified atom stereocenters. The van der Waals surface area contributed by atoms with E-state index < -0.39 is 497 Å². The van der Waals surface area contributed by atoms with Crippen molar-refractivity contribution >= 4 is 11.8 Å². The molecule has 13 rings (SSSR count). The van der Waals surface area contributed by atoms with Crippen LogP contribution in [0.5, 0.6) is 0 Å². The van der Waals surface area contributed by atoms with E-state index in [9.17, 15) is 209 Å². The maximum absolute atomic E-state index is 13.2. The quantitative estimate of drug-likeness (QED) is 0.0272. The molecule has 0 aromatic carbocycles. The Morgan fingerprint density at radius 3 is 0.700 bits per heavy atom. The first kappa shape index (κ1) is 123. The van der Waals surface area contributed by atoms with E-state index >= 15 is 0 Å². The molecule has 0 saturated carbocycles. The van der Waals surface area contributed by atoms with Crippen LogP contribution in [0.2, 0.25) is 0 Å². The first-order chi connectivity index (χ1) is 71.1. The van der Waals surface area contributed by atoms with Gasteiger partial charge in [-0.1, -0.05) is 0 Å². The van der Waals surface area contributed by atoms with Crippen LogP contribution < -0.4 is 10.6 Å². The predicted octanol–water partition coefficient (Wildman–Crippen LogP) is -29.0. The van der Waals surface area contributed by atoms with Crippen LogP contribution in [0.4, 0.5) is 0 Å². The Labute approximate surface area is 845 Å². The molecule has 150 heavy (non-hydrogen) atoms. The lowest BCUT2D eigenvalue weighted by Crippen LogP contribution is -2.70. The summed E-state index contributed by atoms with van der Waals surface area (Å²) in [5.41, 5.74) is 0. The molecule has 13 aliphatic rings. The lowest BCUT2D eigenvalue weighted by Gasteiger charge is -2.51. The fourth-order valence-corrected chi connectivity index (χ4v) is 19.3. The van der Waals surface area contributed by atoms with Gasteiger partial charge >= 0.3 is 0 Å². The second kappa shape index (κ2) is 53.8. The van der Waals surface area contributed by atoms with Crippen LogP contribution >= 0.6 is 0 Å². The summed E-state index contributed by atoms with van der Waals surface area (Å²) in [7, 11) is 0. The van der Waals surface area contributed by atoms with Crippen molar-refractivity contribution in [3.63, 3.8) is 0 Å². The Balaban J connectivity index is 0.841. The van der Waals surface area contributed by atoms with E-state index in [1.165, 1.54) is 0 Å². The molecule has 2 amide bonds. The van der Waals surface area contributed by atoms with E-state index in [0.717, 1.165) is 13.8 Å². The Kier molecular flexibility index (Phi) is 44.2. The second-order valence-electron chi connectivity index (χ2n) is 38.0. The molecule has 68 heteroatoms. The third-order valence-corrected chi connectivity index (χ3v) is 28.0. The van der Waals surface area contributed by atoms with Crippen molar-refractivity contribution in [1.29, 1.82) is 0 Å². The highest BCUT2D eigenvalue weighted by molar-refractivity contribution is 5.73. The molecule has 13 aliphatic heterocycles. The van der Waals surface area contributed by atoms with Gasteiger partial charge < -0.3 is 328 Å². The first-order valence-electron chi connectivity index (χ1n) is 47.7. The van der Waals surface area contributed by atoms with Gasteiger partial charge in [-0.25, -0.2) is 0 Å². The topological polar surface area (TPSA) is 1080 Å². The van der Waals surface area contributed by atoms with Crippen molar-refractivity contribution < 1.29 is 327 Å². The molecule has 0 aliphatic carbocycles. The Hall–Kier alpha value is -3.62. The fourth-order valence-electron chi connectivity index (χ4n) is 19.3. The Morgan fingerprint density at radius 1 is 0.173 bits per heavy atom. The minimum atomic E-state index is -2.77. The monoisotopic (exact) mass is 2210 g/mol. The van der Waals surface area contributed by atoms with Crippen molar-refractivity contribution in [2.45, 2.75) is 413 Å². The maximum atomic E-state index is 13.2. The number of hydrogen-bond acceptors (Lipinski definition) is 66. The molecule has 0 aromatic heterocycles. The largest absolute Gasteiger partial charge is 0.394 e. The summed E-state index contributed by atoms with van der Waals surface area (Å²) in [4.78, 5) is 25.6. The Morgan fingerprint density at radius 2 is 0.367 bits per heavy atom. The van der Waals surface area contributed by atoms with Gasteiger partial charge in [-0.2, -0.15) is 0 Å². The normalized spacial score (nSPS) is 52.1. The van der Waals surface area contributed by atoms with Crippen LogP contribution in [-0.2, 0) is 128 Å².